The summed E-state index contributed by atoms with van der Waals surface area (Å²) in [6.45, 7) is 2.11. The lowest BCUT2D eigenvalue weighted by Crippen LogP contribution is -2.42. The van der Waals surface area contributed by atoms with Gasteiger partial charge in [-0.25, -0.2) is 8.42 Å². The van der Waals surface area contributed by atoms with E-state index in [0.717, 1.165) is 24.3 Å². The Morgan fingerprint density at radius 1 is 1.24 bits per heavy atom. The Kier molecular flexibility index (Phi) is 4.41. The third-order valence-electron chi connectivity index (χ3n) is 5.07. The topological polar surface area (TPSA) is 49.4 Å². The van der Waals surface area contributed by atoms with Crippen molar-refractivity contribution in [3.05, 3.63) is 16.3 Å². The van der Waals surface area contributed by atoms with E-state index >= 15 is 0 Å². The van der Waals surface area contributed by atoms with Crippen LogP contribution in [-0.4, -0.2) is 32.9 Å². The lowest BCUT2D eigenvalue weighted by molar-refractivity contribution is 0.160. The zero-order valence-corrected chi connectivity index (χ0v) is 14.2. The van der Waals surface area contributed by atoms with Gasteiger partial charge in [-0.15, -0.1) is 11.3 Å². The molecule has 1 saturated heterocycles. The second-order valence-electron chi connectivity index (χ2n) is 6.39. The monoisotopic (exact) mass is 328 g/mol. The fraction of sp³-hybridized carbons (Fsp3) is 0.733. The molecule has 0 unspecified atom stereocenters. The molecule has 1 aliphatic heterocycles. The van der Waals surface area contributed by atoms with Crippen LogP contribution in [0, 0.1) is 5.41 Å². The fourth-order valence-electron chi connectivity index (χ4n) is 3.74. The zero-order chi connectivity index (χ0) is 14.9. The number of nitrogens with zero attached hydrogens (tertiary/aromatic N) is 1. The van der Waals surface area contributed by atoms with Crippen LogP contribution in [0.3, 0.4) is 0 Å². The highest BCUT2D eigenvalue weighted by molar-refractivity contribution is 7.89. The Morgan fingerprint density at radius 3 is 2.52 bits per heavy atom. The molecule has 0 atom stereocenters. The van der Waals surface area contributed by atoms with E-state index in [9.17, 15) is 8.42 Å². The molecule has 1 N–H and O–H groups in total. The Hall–Kier alpha value is -0.430. The van der Waals surface area contributed by atoms with Gasteiger partial charge in [-0.05, 0) is 44.2 Å². The summed E-state index contributed by atoms with van der Waals surface area (Å²) in [6, 6.07) is 1.82. The molecule has 21 heavy (non-hydrogen) atoms. The number of nitrogens with one attached hydrogen (secondary N) is 1. The van der Waals surface area contributed by atoms with Crippen LogP contribution in [0.2, 0.25) is 0 Å². The van der Waals surface area contributed by atoms with Crippen molar-refractivity contribution < 1.29 is 8.42 Å². The van der Waals surface area contributed by atoms with Gasteiger partial charge < -0.3 is 5.32 Å². The highest BCUT2D eigenvalue weighted by atomic mass is 32.2. The average Bonchev–Trinajstić information content (AvgIpc) is 3.10. The van der Waals surface area contributed by atoms with Gasteiger partial charge in [0.25, 0.3) is 0 Å². The van der Waals surface area contributed by atoms with Crippen molar-refractivity contribution in [2.75, 3.05) is 20.1 Å². The Morgan fingerprint density at radius 2 is 1.90 bits per heavy atom. The molecule has 1 aromatic heterocycles. The molecule has 2 heterocycles. The van der Waals surface area contributed by atoms with Crippen LogP contribution in [0.25, 0.3) is 0 Å². The van der Waals surface area contributed by atoms with Gasteiger partial charge in [-0.1, -0.05) is 12.8 Å². The summed E-state index contributed by atoms with van der Waals surface area (Å²) in [7, 11) is -1.42. The summed E-state index contributed by atoms with van der Waals surface area (Å²) < 4.78 is 27.1. The molecule has 3 rings (SSSR count). The molecule has 6 heteroatoms. The molecule has 1 saturated carbocycles. The molecule has 1 aromatic rings. The fourth-order valence-corrected chi connectivity index (χ4v) is 6.45. The predicted octanol–water partition coefficient (Wildman–Crippen LogP) is 2.81. The standard InChI is InChI=1S/C15H24N2O2S2/c1-16-11-13-10-14(12-20-13)21(18,19)17-8-6-15(7-9-17)4-2-3-5-15/h10,12,16H,2-9,11H2,1H3. The first-order valence-corrected chi connectivity index (χ1v) is 10.1. The van der Waals surface area contributed by atoms with Gasteiger partial charge in [0.1, 0.15) is 0 Å². The van der Waals surface area contributed by atoms with Crippen molar-refractivity contribution in [2.45, 2.75) is 50.0 Å². The molecule has 0 bridgehead atoms. The number of rotatable bonds is 4. The quantitative estimate of drug-likeness (QED) is 0.924. The summed E-state index contributed by atoms with van der Waals surface area (Å²) in [5.74, 6) is 0. The minimum atomic E-state index is -3.29. The van der Waals surface area contributed by atoms with Gasteiger partial charge in [0, 0.05) is 29.9 Å². The van der Waals surface area contributed by atoms with Gasteiger partial charge in [0.15, 0.2) is 0 Å². The van der Waals surface area contributed by atoms with Crippen molar-refractivity contribution in [1.29, 1.82) is 0 Å². The van der Waals surface area contributed by atoms with E-state index < -0.39 is 10.0 Å². The predicted molar refractivity (Wildman–Crippen MR) is 86.0 cm³/mol. The van der Waals surface area contributed by atoms with E-state index in [-0.39, 0.29) is 0 Å². The number of hydrogen-bond acceptors (Lipinski definition) is 4. The third-order valence-corrected chi connectivity index (χ3v) is 8.03. The van der Waals surface area contributed by atoms with Crippen LogP contribution in [-0.2, 0) is 16.6 Å². The van der Waals surface area contributed by atoms with Gasteiger partial charge in [-0.3, -0.25) is 0 Å². The van der Waals surface area contributed by atoms with Crippen molar-refractivity contribution in [3.8, 4) is 0 Å². The summed E-state index contributed by atoms with van der Waals surface area (Å²) in [6.07, 6.45) is 7.33. The van der Waals surface area contributed by atoms with E-state index in [2.05, 4.69) is 5.32 Å². The van der Waals surface area contributed by atoms with E-state index in [1.807, 2.05) is 13.1 Å². The summed E-state index contributed by atoms with van der Waals surface area (Å²) in [5, 5.41) is 4.84. The maximum absolute atomic E-state index is 12.7. The molecule has 2 aliphatic rings. The maximum atomic E-state index is 12.7. The van der Waals surface area contributed by atoms with Gasteiger partial charge in [0.2, 0.25) is 10.0 Å². The minimum Gasteiger partial charge on any atom is -0.315 e. The number of sulfonamides is 1. The van der Waals surface area contributed by atoms with Crippen molar-refractivity contribution >= 4 is 21.4 Å². The molecule has 0 amide bonds. The summed E-state index contributed by atoms with van der Waals surface area (Å²) >= 11 is 1.52. The minimum absolute atomic E-state index is 0.456. The largest absolute Gasteiger partial charge is 0.315 e. The van der Waals surface area contributed by atoms with Crippen LogP contribution in [0.15, 0.2) is 16.3 Å². The average molecular weight is 329 g/mol. The smallest absolute Gasteiger partial charge is 0.243 e. The van der Waals surface area contributed by atoms with Gasteiger partial charge in [0.05, 0.1) is 4.90 Å². The SMILES string of the molecule is CNCc1cc(S(=O)(=O)N2CCC3(CCCC3)CC2)cs1. The summed E-state index contributed by atoms with van der Waals surface area (Å²) in [4.78, 5) is 1.54. The normalized spacial score (nSPS) is 22.9. The number of hydrogen-bond donors (Lipinski definition) is 1. The van der Waals surface area contributed by atoms with Crippen LogP contribution in [0.5, 0.6) is 0 Å². The molecule has 2 fully saturated rings. The van der Waals surface area contributed by atoms with Gasteiger partial charge >= 0.3 is 0 Å². The highest BCUT2D eigenvalue weighted by Crippen LogP contribution is 2.46. The lowest BCUT2D eigenvalue weighted by atomic mass is 9.78. The molecule has 1 spiro atoms. The Bertz CT molecular complexity index is 579. The van der Waals surface area contributed by atoms with E-state index in [4.69, 9.17) is 0 Å². The molecular weight excluding hydrogens is 304 g/mol. The van der Waals surface area contributed by atoms with Crippen molar-refractivity contribution in [3.63, 3.8) is 0 Å². The third kappa shape index (κ3) is 3.04. The maximum Gasteiger partial charge on any atom is 0.243 e. The second kappa shape index (κ2) is 5.99. The van der Waals surface area contributed by atoms with Crippen LogP contribution >= 0.6 is 11.3 Å². The van der Waals surface area contributed by atoms with Crippen molar-refractivity contribution in [2.24, 2.45) is 5.41 Å². The number of thiophene rings is 1. The van der Waals surface area contributed by atoms with Crippen LogP contribution in [0.4, 0.5) is 0 Å². The second-order valence-corrected chi connectivity index (χ2v) is 9.32. The zero-order valence-electron chi connectivity index (χ0n) is 12.6. The van der Waals surface area contributed by atoms with E-state index in [1.54, 1.807) is 9.69 Å². The van der Waals surface area contributed by atoms with Crippen LogP contribution in [0.1, 0.15) is 43.4 Å². The Labute approximate surface area is 131 Å². The first-order chi connectivity index (χ1) is 10.1. The summed E-state index contributed by atoms with van der Waals surface area (Å²) in [5.41, 5.74) is 0.456. The van der Waals surface area contributed by atoms with Crippen LogP contribution < -0.4 is 5.32 Å². The molecule has 118 valence electrons. The van der Waals surface area contributed by atoms with Gasteiger partial charge in [-0.2, -0.15) is 4.31 Å². The Balaban J connectivity index is 1.70. The lowest BCUT2D eigenvalue weighted by Gasteiger charge is -2.38. The highest BCUT2D eigenvalue weighted by Gasteiger charge is 2.40. The van der Waals surface area contributed by atoms with E-state index in [0.29, 0.717) is 23.4 Å². The molecule has 0 aromatic carbocycles. The van der Waals surface area contributed by atoms with Crippen molar-refractivity contribution in [1.82, 2.24) is 9.62 Å². The number of piperidine rings is 1. The molecule has 0 radical (unpaired) electrons. The first kappa shape index (κ1) is 15.5. The molecular formula is C15H24N2O2S2. The molecule has 4 nitrogen and oxygen atoms in total. The molecule has 1 aliphatic carbocycles. The first-order valence-electron chi connectivity index (χ1n) is 7.78. The van der Waals surface area contributed by atoms with E-state index in [1.165, 1.54) is 37.0 Å².